The molecule has 1 N–H and O–H groups in total. The summed E-state index contributed by atoms with van der Waals surface area (Å²) >= 11 is 1.55. The van der Waals surface area contributed by atoms with Crippen molar-refractivity contribution in [2.75, 3.05) is 6.26 Å². The molecule has 3 aromatic rings. The number of phenols is 1. The zero-order valence-corrected chi connectivity index (χ0v) is 13.4. The van der Waals surface area contributed by atoms with Crippen molar-refractivity contribution in [3.8, 4) is 22.6 Å². The van der Waals surface area contributed by atoms with Gasteiger partial charge in [0.15, 0.2) is 5.69 Å². The van der Waals surface area contributed by atoms with Crippen LogP contribution in [-0.2, 0) is 6.18 Å². The van der Waals surface area contributed by atoms with Gasteiger partial charge in [0.05, 0.1) is 5.69 Å². The minimum absolute atomic E-state index is 0.00708. The Labute approximate surface area is 140 Å². The van der Waals surface area contributed by atoms with Crippen molar-refractivity contribution in [1.29, 1.82) is 0 Å². The van der Waals surface area contributed by atoms with Crippen LogP contribution in [0.4, 0.5) is 13.2 Å². The van der Waals surface area contributed by atoms with Gasteiger partial charge in [0, 0.05) is 16.7 Å². The summed E-state index contributed by atoms with van der Waals surface area (Å²) in [7, 11) is 0. The van der Waals surface area contributed by atoms with Gasteiger partial charge in [0.2, 0.25) is 0 Å². The molecule has 3 nitrogen and oxygen atoms in total. The Morgan fingerprint density at radius 1 is 1.00 bits per heavy atom. The fourth-order valence-electron chi connectivity index (χ4n) is 2.30. The van der Waals surface area contributed by atoms with Crippen molar-refractivity contribution in [3.05, 3.63) is 60.4 Å². The van der Waals surface area contributed by atoms with Crippen molar-refractivity contribution >= 4 is 11.8 Å². The van der Waals surface area contributed by atoms with E-state index in [9.17, 15) is 18.3 Å². The Bertz CT molecular complexity index is 840. The van der Waals surface area contributed by atoms with Crippen LogP contribution in [-0.4, -0.2) is 21.1 Å². The standard InChI is InChI=1S/C17H13F3N2OS/c1-24-14-8-4-12(5-9-14)22-10-15(16(21-22)17(18,19)20)11-2-6-13(23)7-3-11/h2-10,23H,1H3. The van der Waals surface area contributed by atoms with Gasteiger partial charge in [-0.15, -0.1) is 11.8 Å². The normalized spacial score (nSPS) is 11.7. The van der Waals surface area contributed by atoms with Crippen LogP contribution >= 0.6 is 11.8 Å². The Balaban J connectivity index is 2.10. The molecule has 0 radical (unpaired) electrons. The number of alkyl halides is 3. The van der Waals surface area contributed by atoms with Crippen molar-refractivity contribution < 1.29 is 18.3 Å². The molecule has 3 rings (SSSR count). The summed E-state index contributed by atoms with van der Waals surface area (Å²) in [6.45, 7) is 0. The molecule has 0 saturated carbocycles. The largest absolute Gasteiger partial charge is 0.508 e. The molecule has 0 bridgehead atoms. The summed E-state index contributed by atoms with van der Waals surface area (Å²) in [5.41, 5.74) is -0.103. The maximum Gasteiger partial charge on any atom is 0.435 e. The first kappa shape index (κ1) is 16.4. The molecule has 0 amide bonds. The van der Waals surface area contributed by atoms with Gasteiger partial charge in [0.25, 0.3) is 0 Å². The van der Waals surface area contributed by atoms with E-state index >= 15 is 0 Å². The number of hydrogen-bond donors (Lipinski definition) is 1. The molecule has 0 unspecified atom stereocenters. The summed E-state index contributed by atoms with van der Waals surface area (Å²) in [6, 6.07) is 12.7. The predicted octanol–water partition coefficient (Wildman–Crippen LogP) is 4.99. The molecule has 0 fully saturated rings. The second-order valence-electron chi connectivity index (χ2n) is 5.08. The molecule has 0 saturated heterocycles. The fraction of sp³-hybridized carbons (Fsp3) is 0.118. The first-order valence-electron chi connectivity index (χ1n) is 6.99. The van der Waals surface area contributed by atoms with Gasteiger partial charge in [0.1, 0.15) is 5.75 Å². The summed E-state index contributed by atoms with van der Waals surface area (Å²) in [5, 5.41) is 13.0. The predicted molar refractivity (Wildman–Crippen MR) is 87.4 cm³/mol. The molecule has 7 heteroatoms. The molecule has 1 aromatic heterocycles. The van der Waals surface area contributed by atoms with Crippen LogP contribution in [0.15, 0.2) is 59.6 Å². The van der Waals surface area contributed by atoms with Crippen LogP contribution in [0.5, 0.6) is 5.75 Å². The van der Waals surface area contributed by atoms with Crippen molar-refractivity contribution in [1.82, 2.24) is 9.78 Å². The Morgan fingerprint density at radius 2 is 1.62 bits per heavy atom. The molecule has 0 aliphatic rings. The van der Waals surface area contributed by atoms with Gasteiger partial charge in [-0.25, -0.2) is 4.68 Å². The van der Waals surface area contributed by atoms with E-state index in [0.29, 0.717) is 11.3 Å². The lowest BCUT2D eigenvalue weighted by atomic mass is 10.1. The lowest BCUT2D eigenvalue weighted by molar-refractivity contribution is -0.140. The van der Waals surface area contributed by atoms with Crippen molar-refractivity contribution in [2.24, 2.45) is 0 Å². The van der Waals surface area contributed by atoms with Gasteiger partial charge in [-0.2, -0.15) is 18.3 Å². The van der Waals surface area contributed by atoms with Crippen LogP contribution in [0.25, 0.3) is 16.8 Å². The average Bonchev–Trinajstić information content (AvgIpc) is 3.01. The topological polar surface area (TPSA) is 38.0 Å². The number of thioether (sulfide) groups is 1. The summed E-state index contributed by atoms with van der Waals surface area (Å²) in [5.74, 6) is -0.00708. The van der Waals surface area contributed by atoms with Crippen molar-refractivity contribution in [2.45, 2.75) is 11.1 Å². The minimum Gasteiger partial charge on any atom is -0.508 e. The number of hydrogen-bond acceptors (Lipinski definition) is 3. The molecule has 124 valence electrons. The highest BCUT2D eigenvalue weighted by Gasteiger charge is 2.37. The van der Waals surface area contributed by atoms with Crippen LogP contribution in [0.1, 0.15) is 5.69 Å². The molecule has 0 spiro atoms. The van der Waals surface area contributed by atoms with Crippen molar-refractivity contribution in [3.63, 3.8) is 0 Å². The third-order valence-corrected chi connectivity index (χ3v) is 4.24. The van der Waals surface area contributed by atoms with E-state index in [1.165, 1.54) is 35.1 Å². The monoisotopic (exact) mass is 350 g/mol. The highest BCUT2D eigenvalue weighted by Crippen LogP contribution is 2.37. The first-order chi connectivity index (χ1) is 11.4. The fourth-order valence-corrected chi connectivity index (χ4v) is 2.71. The number of benzene rings is 2. The van der Waals surface area contributed by atoms with E-state index in [1.807, 2.05) is 18.4 Å². The smallest absolute Gasteiger partial charge is 0.435 e. The van der Waals surface area contributed by atoms with Gasteiger partial charge >= 0.3 is 6.18 Å². The van der Waals surface area contributed by atoms with Gasteiger partial charge in [-0.3, -0.25) is 0 Å². The van der Waals surface area contributed by atoms with E-state index in [2.05, 4.69) is 5.10 Å². The SMILES string of the molecule is CSc1ccc(-n2cc(-c3ccc(O)cc3)c(C(F)(F)F)n2)cc1. The van der Waals surface area contributed by atoms with Gasteiger partial charge < -0.3 is 5.11 Å². The molecular weight excluding hydrogens is 337 g/mol. The van der Waals surface area contributed by atoms with E-state index in [-0.39, 0.29) is 11.3 Å². The highest BCUT2D eigenvalue weighted by molar-refractivity contribution is 7.98. The summed E-state index contributed by atoms with van der Waals surface area (Å²) in [4.78, 5) is 1.01. The molecule has 1 heterocycles. The average molecular weight is 350 g/mol. The third kappa shape index (κ3) is 3.26. The minimum atomic E-state index is -4.57. The zero-order valence-electron chi connectivity index (χ0n) is 12.6. The number of rotatable bonds is 3. The molecule has 0 atom stereocenters. The first-order valence-corrected chi connectivity index (χ1v) is 8.21. The zero-order chi connectivity index (χ0) is 17.3. The molecule has 24 heavy (non-hydrogen) atoms. The van der Waals surface area contributed by atoms with E-state index < -0.39 is 11.9 Å². The Morgan fingerprint density at radius 3 is 2.17 bits per heavy atom. The van der Waals surface area contributed by atoms with Gasteiger partial charge in [-0.05, 0) is 48.2 Å². The van der Waals surface area contributed by atoms with E-state index in [4.69, 9.17) is 0 Å². The van der Waals surface area contributed by atoms with Crippen LogP contribution in [0.3, 0.4) is 0 Å². The highest BCUT2D eigenvalue weighted by atomic mass is 32.2. The van der Waals surface area contributed by atoms with Crippen LogP contribution in [0, 0.1) is 0 Å². The molecule has 2 aromatic carbocycles. The molecular formula is C17H13F3N2OS. The number of aromatic hydroxyl groups is 1. The third-order valence-electron chi connectivity index (χ3n) is 3.50. The van der Waals surface area contributed by atoms with Crippen LogP contribution < -0.4 is 0 Å². The lowest BCUT2D eigenvalue weighted by Gasteiger charge is -2.06. The van der Waals surface area contributed by atoms with E-state index in [1.54, 1.807) is 23.9 Å². The Kier molecular flexibility index (Phi) is 4.28. The summed E-state index contributed by atoms with van der Waals surface area (Å²) < 4.78 is 41.2. The number of phenolic OH excluding ortho intramolecular Hbond substituents is 1. The quantitative estimate of drug-likeness (QED) is 0.677. The number of halogens is 3. The van der Waals surface area contributed by atoms with Gasteiger partial charge in [-0.1, -0.05) is 12.1 Å². The van der Waals surface area contributed by atoms with E-state index in [0.717, 1.165) is 4.90 Å². The van der Waals surface area contributed by atoms with Crippen LogP contribution in [0.2, 0.25) is 0 Å². The summed E-state index contributed by atoms with van der Waals surface area (Å²) in [6.07, 6.45) is -1.30. The maximum atomic E-state index is 13.3. The number of nitrogens with zero attached hydrogens (tertiary/aromatic N) is 2. The lowest BCUT2D eigenvalue weighted by Crippen LogP contribution is -2.08. The maximum absolute atomic E-state index is 13.3. The molecule has 0 aliphatic heterocycles. The second kappa shape index (κ2) is 6.24. The Hall–Kier alpha value is -2.41. The number of aromatic nitrogens is 2. The molecule has 0 aliphatic carbocycles. The second-order valence-corrected chi connectivity index (χ2v) is 5.96.